The number of aryl methyl sites for hydroxylation is 1. The number of nitrogens with two attached hydrogens (primary N) is 1. The summed E-state index contributed by atoms with van der Waals surface area (Å²) < 4.78 is 43.9. The summed E-state index contributed by atoms with van der Waals surface area (Å²) >= 11 is 0.250. The number of ketones is 1. The largest absolute Gasteiger partial charge is 0.458 e. The summed E-state index contributed by atoms with van der Waals surface area (Å²) in [6, 6.07) is 6.46. The molecule has 0 saturated carbocycles. The van der Waals surface area contributed by atoms with Crippen LogP contribution in [0, 0.1) is 17.8 Å². The van der Waals surface area contributed by atoms with Gasteiger partial charge in [0.2, 0.25) is 0 Å². The quantitative estimate of drug-likeness (QED) is 0.0935. The van der Waals surface area contributed by atoms with Crippen molar-refractivity contribution in [3.63, 3.8) is 0 Å². The number of unbranched alkanes of at least 4 members (excludes halogenated alkanes) is 1. The van der Waals surface area contributed by atoms with E-state index < -0.39 is 71.5 Å². The van der Waals surface area contributed by atoms with Crippen molar-refractivity contribution in [1.82, 2.24) is 35.0 Å². The number of nitrogen functional groups attached to an aromatic ring is 1. The van der Waals surface area contributed by atoms with Crippen LogP contribution in [0.3, 0.4) is 0 Å². The number of likely N-dealkylation sites (N-methyl/N-ethyl adjacent to an activating group) is 1. The first-order valence-corrected chi connectivity index (χ1v) is 24.5. The molecule has 13 atom stereocenters. The number of nitrogens with zero attached hydrogens (tertiary/aromatic N) is 6. The van der Waals surface area contributed by atoms with Gasteiger partial charge in [0.05, 0.1) is 30.0 Å². The first kappa shape index (κ1) is 55.2. The van der Waals surface area contributed by atoms with E-state index in [9.17, 15) is 23.4 Å². The van der Waals surface area contributed by atoms with Crippen molar-refractivity contribution < 1.29 is 47.1 Å². The van der Waals surface area contributed by atoms with Crippen molar-refractivity contribution in [2.24, 2.45) is 17.8 Å². The van der Waals surface area contributed by atoms with E-state index in [1.165, 1.54) is 6.26 Å². The van der Waals surface area contributed by atoms with E-state index in [1.807, 2.05) is 91.2 Å². The number of carbonyl (C=O) groups is 3. The van der Waals surface area contributed by atoms with Gasteiger partial charge in [0.25, 0.3) is 0 Å². The normalized spacial score (nSPS) is 33.7. The van der Waals surface area contributed by atoms with Crippen LogP contribution in [-0.2, 0) is 39.8 Å². The number of anilines is 1. The van der Waals surface area contributed by atoms with Gasteiger partial charge in [-0.3, -0.25) is 19.2 Å². The molecule has 0 bridgehead atoms. The van der Waals surface area contributed by atoms with Crippen LogP contribution in [0.4, 0.5) is 14.4 Å². The van der Waals surface area contributed by atoms with Crippen molar-refractivity contribution in [3.05, 3.63) is 30.5 Å². The third-order valence-electron chi connectivity index (χ3n) is 13.5. The molecule has 374 valence electrons. The molecule has 1 aromatic heterocycles. The average molecular weight is 951 g/mol. The maximum Gasteiger partial charge on any atom is 0.410 e. The van der Waals surface area contributed by atoms with Gasteiger partial charge < -0.3 is 49.6 Å². The van der Waals surface area contributed by atoms with E-state index in [4.69, 9.17) is 29.4 Å². The molecule has 5 rings (SSSR count). The Kier molecular flexibility index (Phi) is 20.7. The fourth-order valence-electron chi connectivity index (χ4n) is 9.93. The van der Waals surface area contributed by atoms with Crippen molar-refractivity contribution in [1.29, 1.82) is 0 Å². The highest BCUT2D eigenvalue weighted by Crippen LogP contribution is 2.41. The number of aromatic nitrogens is 3. The molecular formula is C47H79FN8O9S. The van der Waals surface area contributed by atoms with Gasteiger partial charge in [-0.15, -0.1) is 5.10 Å². The molecule has 1 aromatic carbocycles. The number of halogens is 1. The number of methoxy groups -OCH3 is 1. The second-order valence-corrected chi connectivity index (χ2v) is 19.7. The van der Waals surface area contributed by atoms with E-state index >= 15 is 0 Å². The summed E-state index contributed by atoms with van der Waals surface area (Å²) in [6.07, 6.45) is 2.16. The fourth-order valence-corrected chi connectivity index (χ4v) is 9.93. The van der Waals surface area contributed by atoms with E-state index in [-0.39, 0.29) is 36.3 Å². The maximum absolute atomic E-state index is 14.5. The second kappa shape index (κ2) is 24.7. The number of cyclic esters (lactones) is 1. The smallest absolute Gasteiger partial charge is 0.410 e. The molecule has 3 fully saturated rings. The van der Waals surface area contributed by atoms with Crippen LogP contribution in [0.15, 0.2) is 30.5 Å². The predicted molar refractivity (Wildman–Crippen MR) is 254 cm³/mol. The number of ether oxygens (including phenoxy) is 5. The summed E-state index contributed by atoms with van der Waals surface area (Å²) in [5.41, 5.74) is 5.93. The number of nitrogens with one attached hydrogen (secondary N) is 1. The zero-order valence-electron chi connectivity index (χ0n) is 41.6. The van der Waals surface area contributed by atoms with E-state index in [1.54, 1.807) is 30.5 Å². The van der Waals surface area contributed by atoms with Gasteiger partial charge in [-0.2, -0.15) is 3.89 Å². The molecule has 0 aliphatic carbocycles. The number of amides is 1. The third kappa shape index (κ3) is 13.6. The minimum atomic E-state index is -1.26. The number of Topliss-reactive ketones (excluding diaryl/α,β-unsaturated/α-hetero) is 1. The van der Waals surface area contributed by atoms with Gasteiger partial charge in [0.1, 0.15) is 23.8 Å². The summed E-state index contributed by atoms with van der Waals surface area (Å²) in [6.45, 7) is 15.2. The highest BCUT2D eigenvalue weighted by atomic mass is 32.2. The topological polar surface area (TPSA) is 196 Å². The van der Waals surface area contributed by atoms with Crippen LogP contribution in [0.1, 0.15) is 87.0 Å². The van der Waals surface area contributed by atoms with Crippen molar-refractivity contribution in [2.75, 3.05) is 66.9 Å². The Bertz CT molecular complexity index is 1860. The van der Waals surface area contributed by atoms with E-state index in [2.05, 4.69) is 27.5 Å². The van der Waals surface area contributed by atoms with Crippen LogP contribution in [-0.4, -0.2) is 174 Å². The number of hydrogen-bond acceptors (Lipinski definition) is 16. The van der Waals surface area contributed by atoms with Crippen molar-refractivity contribution in [2.45, 2.75) is 154 Å². The molecule has 19 heteroatoms. The number of rotatable bonds is 14. The molecular weight excluding hydrogens is 872 g/mol. The summed E-state index contributed by atoms with van der Waals surface area (Å²) in [5, 5.41) is 24.0. The minimum Gasteiger partial charge on any atom is -0.458 e. The van der Waals surface area contributed by atoms with Crippen molar-refractivity contribution >= 4 is 35.7 Å². The predicted octanol–water partition coefficient (Wildman–Crippen LogP) is 5.45. The monoisotopic (exact) mass is 951 g/mol. The van der Waals surface area contributed by atoms with Crippen LogP contribution in [0.2, 0.25) is 0 Å². The lowest BCUT2D eigenvalue weighted by Crippen LogP contribution is -2.62. The number of aliphatic hydroxyl groups is 1. The number of hydrogen-bond donors (Lipinski definition) is 3. The maximum atomic E-state index is 14.5. The van der Waals surface area contributed by atoms with Crippen LogP contribution < -0.4 is 11.1 Å². The fraction of sp³-hybridized carbons (Fsp3) is 0.766. The molecule has 4 N–H and O–H groups in total. The Balaban J connectivity index is 0.00000309. The molecule has 0 radical (unpaired) electrons. The zero-order valence-corrected chi connectivity index (χ0v) is 42.4. The Labute approximate surface area is 396 Å². The number of aliphatic hydroxyl groups excluding tert-OH is 1. The van der Waals surface area contributed by atoms with Gasteiger partial charge in [-0.1, -0.05) is 38.1 Å². The van der Waals surface area contributed by atoms with Gasteiger partial charge in [-0.05, 0) is 126 Å². The molecule has 3 aliphatic rings. The van der Waals surface area contributed by atoms with Gasteiger partial charge in [0.15, 0.2) is 17.7 Å². The first-order chi connectivity index (χ1) is 31.1. The Morgan fingerprint density at radius 1 is 1.09 bits per heavy atom. The molecule has 3 aliphatic heterocycles. The summed E-state index contributed by atoms with van der Waals surface area (Å²) in [7, 11) is 9.44. The third-order valence-corrected chi connectivity index (χ3v) is 13.5. The Morgan fingerprint density at radius 3 is 2.39 bits per heavy atom. The number of benzene rings is 1. The lowest BCUT2D eigenvalue weighted by Gasteiger charge is -2.46. The van der Waals surface area contributed by atoms with Crippen LogP contribution >= 0.6 is 12.1 Å². The lowest BCUT2D eigenvalue weighted by molar-refractivity contribution is -0.295. The summed E-state index contributed by atoms with van der Waals surface area (Å²) in [4.78, 5) is 48.7. The van der Waals surface area contributed by atoms with Crippen LogP contribution in [0.25, 0.3) is 11.3 Å². The SMILES string of the molecule is CC[C@H]1OC(=O)[C@H](C)C(=O)[C@H](C)[C@@H](O[C@@H]2O[C@H](C)CC(N(C)C)C2O)[C@](C)(OC)C[C@@H](C)CN[C@H](CCN(C)C)[C@H]2N(CCCCn3cc(-c4cccc(N)c4)nn3)C(=O)O[C@]12C.CSF. The second-order valence-electron chi connectivity index (χ2n) is 19.4. The minimum absolute atomic E-state index is 0.0316. The molecule has 66 heavy (non-hydrogen) atoms. The molecule has 4 heterocycles. The first-order valence-electron chi connectivity index (χ1n) is 23.4. The van der Waals surface area contributed by atoms with Gasteiger partial charge in [-0.25, -0.2) is 4.79 Å². The van der Waals surface area contributed by atoms with Gasteiger partial charge in [0, 0.05) is 67.9 Å². The zero-order chi connectivity index (χ0) is 49.1. The van der Waals surface area contributed by atoms with Gasteiger partial charge >= 0.3 is 12.1 Å². The highest BCUT2D eigenvalue weighted by Gasteiger charge is 2.59. The number of esters is 1. The standard InChI is InChI=1S/C46H76N8O9.CH3FS/c1-13-37-46(7)40(54(44(58)63-46)21-15-14-20-53-27-35(49-50-53)32-17-16-18-33(47)24-32)34(19-22-51(8)9)48-26-28(2)25-45(6,59-12)41(30(4)38(55)31(5)42(57)61-37)62-43-39(56)36(52(10)11)23-29(3)60-43;1-3-2/h16-18,24,27-31,34,36-37,39-41,43,48,56H,13-15,19-23,25-26,47H2,1-12H3;1H3/t28-,29-,30+,31-,34-,36?,37-,39?,40-,41-,43+,45-,46-;/m1./s1. The molecule has 0 spiro atoms. The molecule has 17 nitrogen and oxygen atoms in total. The lowest BCUT2D eigenvalue weighted by atomic mass is 9.78. The Hall–Kier alpha value is -3.43. The molecule has 2 unspecified atom stereocenters. The van der Waals surface area contributed by atoms with E-state index in [0.717, 1.165) is 11.3 Å². The van der Waals surface area contributed by atoms with E-state index in [0.29, 0.717) is 70.4 Å². The average Bonchev–Trinajstić information content (AvgIpc) is 3.84. The summed E-state index contributed by atoms with van der Waals surface area (Å²) in [5.74, 6) is -3.20. The van der Waals surface area contributed by atoms with Crippen molar-refractivity contribution in [3.8, 4) is 11.3 Å². The Morgan fingerprint density at radius 2 is 1.77 bits per heavy atom. The highest BCUT2D eigenvalue weighted by molar-refractivity contribution is 7.93. The number of fused-ring (bicyclic) bond motifs is 1. The molecule has 2 aromatic rings. The molecule has 3 saturated heterocycles. The molecule has 1 amide bonds. The van der Waals surface area contributed by atoms with Crippen LogP contribution in [0.5, 0.6) is 0 Å². The number of carbonyl (C=O) groups excluding carboxylic acids is 3.